The van der Waals surface area contributed by atoms with Gasteiger partial charge in [-0.25, -0.2) is 4.98 Å². The lowest BCUT2D eigenvalue weighted by Crippen LogP contribution is -2.24. The van der Waals surface area contributed by atoms with E-state index in [1.807, 2.05) is 24.5 Å². The van der Waals surface area contributed by atoms with E-state index in [-0.39, 0.29) is 0 Å². The standard InChI is InChI=1S/C13H17N3O/c14-10-4-5-13-12(7-10)15-9-16(13)8-11-3-1-2-6-17-11/h4-5,7,9,11H,1-3,6,8,14H2. The Morgan fingerprint density at radius 1 is 1.41 bits per heavy atom. The first-order valence-corrected chi connectivity index (χ1v) is 6.15. The maximum absolute atomic E-state index is 5.75. The molecular formula is C13H17N3O. The van der Waals surface area contributed by atoms with E-state index >= 15 is 0 Å². The van der Waals surface area contributed by atoms with Crippen molar-refractivity contribution in [3.8, 4) is 0 Å². The smallest absolute Gasteiger partial charge is 0.0959 e. The van der Waals surface area contributed by atoms with Gasteiger partial charge in [0.25, 0.3) is 0 Å². The molecule has 4 nitrogen and oxygen atoms in total. The highest BCUT2D eigenvalue weighted by atomic mass is 16.5. The molecule has 2 N–H and O–H groups in total. The fourth-order valence-electron chi connectivity index (χ4n) is 2.40. The molecule has 2 heterocycles. The van der Waals surface area contributed by atoms with Crippen molar-refractivity contribution in [2.45, 2.75) is 31.9 Å². The molecule has 2 aromatic rings. The Morgan fingerprint density at radius 2 is 2.35 bits per heavy atom. The zero-order chi connectivity index (χ0) is 11.7. The molecule has 0 bridgehead atoms. The summed E-state index contributed by atoms with van der Waals surface area (Å²) < 4.78 is 7.91. The van der Waals surface area contributed by atoms with Gasteiger partial charge in [-0.2, -0.15) is 0 Å². The van der Waals surface area contributed by atoms with Crippen molar-refractivity contribution in [1.29, 1.82) is 0 Å². The van der Waals surface area contributed by atoms with Crippen LogP contribution in [-0.2, 0) is 11.3 Å². The van der Waals surface area contributed by atoms with Crippen LogP contribution >= 0.6 is 0 Å². The fourth-order valence-corrected chi connectivity index (χ4v) is 2.40. The Balaban J connectivity index is 1.84. The van der Waals surface area contributed by atoms with E-state index in [9.17, 15) is 0 Å². The van der Waals surface area contributed by atoms with Crippen LogP contribution in [0, 0.1) is 0 Å². The quantitative estimate of drug-likeness (QED) is 0.806. The van der Waals surface area contributed by atoms with Crippen molar-refractivity contribution in [2.75, 3.05) is 12.3 Å². The second kappa shape index (κ2) is 4.37. The number of nitrogen functional groups attached to an aromatic ring is 1. The lowest BCUT2D eigenvalue weighted by Gasteiger charge is -2.23. The Hall–Kier alpha value is -1.55. The number of nitrogens with zero attached hydrogens (tertiary/aromatic N) is 2. The average Bonchev–Trinajstić information content (AvgIpc) is 2.73. The second-order valence-electron chi connectivity index (χ2n) is 4.63. The topological polar surface area (TPSA) is 53.1 Å². The molecule has 1 unspecified atom stereocenters. The van der Waals surface area contributed by atoms with Crippen LogP contribution in [0.2, 0.25) is 0 Å². The normalized spacial score (nSPS) is 20.8. The number of imidazole rings is 1. The van der Waals surface area contributed by atoms with Gasteiger partial charge in [0, 0.05) is 12.3 Å². The second-order valence-corrected chi connectivity index (χ2v) is 4.63. The van der Waals surface area contributed by atoms with Crippen molar-refractivity contribution in [3.05, 3.63) is 24.5 Å². The minimum absolute atomic E-state index is 0.332. The average molecular weight is 231 g/mol. The molecule has 0 spiro atoms. The van der Waals surface area contributed by atoms with E-state index < -0.39 is 0 Å². The van der Waals surface area contributed by atoms with Crippen molar-refractivity contribution in [3.63, 3.8) is 0 Å². The summed E-state index contributed by atoms with van der Waals surface area (Å²) in [5.41, 5.74) is 8.60. The molecule has 0 radical (unpaired) electrons. The third-order valence-electron chi connectivity index (χ3n) is 3.32. The maximum atomic E-state index is 5.75. The number of fused-ring (bicyclic) bond motifs is 1. The Labute approximate surface area is 100 Å². The zero-order valence-corrected chi connectivity index (χ0v) is 9.80. The highest BCUT2D eigenvalue weighted by Crippen LogP contribution is 2.19. The molecule has 1 aromatic carbocycles. The van der Waals surface area contributed by atoms with Crippen LogP contribution in [0.5, 0.6) is 0 Å². The molecule has 0 saturated carbocycles. The van der Waals surface area contributed by atoms with Gasteiger partial charge in [0.2, 0.25) is 0 Å². The number of nitrogens with two attached hydrogens (primary N) is 1. The van der Waals surface area contributed by atoms with Crippen molar-refractivity contribution in [1.82, 2.24) is 9.55 Å². The molecule has 4 heteroatoms. The van der Waals surface area contributed by atoms with Crippen molar-refractivity contribution < 1.29 is 4.74 Å². The van der Waals surface area contributed by atoms with Crippen LogP contribution in [-0.4, -0.2) is 22.3 Å². The number of rotatable bonds is 2. The molecular weight excluding hydrogens is 214 g/mol. The first-order chi connectivity index (χ1) is 8.33. The van der Waals surface area contributed by atoms with Gasteiger partial charge in [-0.1, -0.05) is 0 Å². The Bertz CT molecular complexity index is 514. The molecule has 3 rings (SSSR count). The van der Waals surface area contributed by atoms with Gasteiger partial charge < -0.3 is 15.0 Å². The summed E-state index contributed by atoms with van der Waals surface area (Å²) in [5, 5.41) is 0. The molecule has 90 valence electrons. The van der Waals surface area contributed by atoms with Gasteiger partial charge >= 0.3 is 0 Å². The third-order valence-corrected chi connectivity index (χ3v) is 3.32. The summed E-state index contributed by atoms with van der Waals surface area (Å²) in [5.74, 6) is 0. The van der Waals surface area contributed by atoms with Crippen LogP contribution in [0.4, 0.5) is 5.69 Å². The number of hydrogen-bond acceptors (Lipinski definition) is 3. The molecule has 0 amide bonds. The van der Waals surface area contributed by atoms with Crippen LogP contribution in [0.3, 0.4) is 0 Å². The Morgan fingerprint density at radius 3 is 3.18 bits per heavy atom. The van der Waals surface area contributed by atoms with Gasteiger partial charge in [0.05, 0.1) is 30.0 Å². The first kappa shape index (κ1) is 10.6. The molecule has 1 aliphatic heterocycles. The largest absolute Gasteiger partial charge is 0.399 e. The van der Waals surface area contributed by atoms with E-state index in [0.29, 0.717) is 6.10 Å². The predicted molar refractivity (Wildman–Crippen MR) is 67.7 cm³/mol. The van der Waals surface area contributed by atoms with Crippen LogP contribution in [0.25, 0.3) is 11.0 Å². The number of benzene rings is 1. The van der Waals surface area contributed by atoms with Gasteiger partial charge in [-0.05, 0) is 37.5 Å². The monoisotopic (exact) mass is 231 g/mol. The zero-order valence-electron chi connectivity index (χ0n) is 9.80. The van der Waals surface area contributed by atoms with Gasteiger partial charge in [-0.3, -0.25) is 0 Å². The highest BCUT2D eigenvalue weighted by Gasteiger charge is 2.15. The molecule has 1 aliphatic rings. The summed E-state index contributed by atoms with van der Waals surface area (Å²) in [7, 11) is 0. The van der Waals surface area contributed by atoms with Gasteiger partial charge in [0.1, 0.15) is 0 Å². The summed E-state index contributed by atoms with van der Waals surface area (Å²) >= 11 is 0. The predicted octanol–water partition coefficient (Wildman–Crippen LogP) is 2.19. The van der Waals surface area contributed by atoms with E-state index in [2.05, 4.69) is 9.55 Å². The summed E-state index contributed by atoms with van der Waals surface area (Å²) in [6.07, 6.45) is 5.82. The lowest BCUT2D eigenvalue weighted by atomic mass is 10.1. The van der Waals surface area contributed by atoms with Gasteiger partial charge in [0.15, 0.2) is 0 Å². The van der Waals surface area contributed by atoms with Crippen molar-refractivity contribution in [2.24, 2.45) is 0 Å². The molecule has 1 saturated heterocycles. The number of ether oxygens (including phenoxy) is 1. The SMILES string of the molecule is Nc1ccc2c(c1)ncn2CC1CCCCO1. The number of aromatic nitrogens is 2. The van der Waals surface area contributed by atoms with Crippen molar-refractivity contribution >= 4 is 16.7 Å². The highest BCUT2D eigenvalue weighted by molar-refractivity contribution is 5.78. The van der Waals surface area contributed by atoms with E-state index in [4.69, 9.17) is 10.5 Å². The summed E-state index contributed by atoms with van der Waals surface area (Å²) in [4.78, 5) is 4.37. The van der Waals surface area contributed by atoms with E-state index in [1.54, 1.807) is 0 Å². The van der Waals surface area contributed by atoms with Crippen LogP contribution in [0.1, 0.15) is 19.3 Å². The van der Waals surface area contributed by atoms with E-state index in [1.165, 1.54) is 12.8 Å². The number of hydrogen-bond donors (Lipinski definition) is 1. The van der Waals surface area contributed by atoms with Crippen LogP contribution < -0.4 is 5.73 Å². The molecule has 0 aliphatic carbocycles. The minimum atomic E-state index is 0.332. The lowest BCUT2D eigenvalue weighted by molar-refractivity contribution is 0.00661. The maximum Gasteiger partial charge on any atom is 0.0959 e. The molecule has 17 heavy (non-hydrogen) atoms. The summed E-state index contributed by atoms with van der Waals surface area (Å²) in [6.45, 7) is 1.78. The Kier molecular flexibility index (Phi) is 2.73. The molecule has 1 fully saturated rings. The minimum Gasteiger partial charge on any atom is -0.399 e. The third kappa shape index (κ3) is 2.13. The fraction of sp³-hybridized carbons (Fsp3) is 0.462. The van der Waals surface area contributed by atoms with Crippen LogP contribution in [0.15, 0.2) is 24.5 Å². The number of anilines is 1. The summed E-state index contributed by atoms with van der Waals surface area (Å²) in [6, 6.07) is 5.86. The van der Waals surface area contributed by atoms with Gasteiger partial charge in [-0.15, -0.1) is 0 Å². The van der Waals surface area contributed by atoms with E-state index in [0.717, 1.165) is 36.3 Å². The molecule has 1 atom stereocenters. The first-order valence-electron chi connectivity index (χ1n) is 6.15. The molecule has 1 aromatic heterocycles.